The van der Waals surface area contributed by atoms with Crippen molar-refractivity contribution in [1.82, 2.24) is 0 Å². The molecule has 0 fully saturated rings. The van der Waals surface area contributed by atoms with Gasteiger partial charge in [0.05, 0.1) is 5.02 Å². The summed E-state index contributed by atoms with van der Waals surface area (Å²) in [4.78, 5) is 12.1. The second kappa shape index (κ2) is 6.99. The summed E-state index contributed by atoms with van der Waals surface area (Å²) in [5.41, 5.74) is 0.921. The van der Waals surface area contributed by atoms with Crippen molar-refractivity contribution in [1.29, 1.82) is 5.26 Å². The number of benzene rings is 2. The molecule has 0 saturated carbocycles. The number of carbonyl (C=O) groups excluding carboxylic acids is 1. The molecule has 2 N–H and O–H groups in total. The van der Waals surface area contributed by atoms with Gasteiger partial charge < -0.3 is 10.4 Å². The van der Waals surface area contributed by atoms with Crippen molar-refractivity contribution in [3.05, 3.63) is 63.6 Å². The van der Waals surface area contributed by atoms with Crippen molar-refractivity contribution < 1.29 is 9.90 Å². The van der Waals surface area contributed by atoms with Gasteiger partial charge in [-0.2, -0.15) is 5.26 Å². The van der Waals surface area contributed by atoms with E-state index in [9.17, 15) is 9.90 Å². The molecule has 4 nitrogen and oxygen atoms in total. The summed E-state index contributed by atoms with van der Waals surface area (Å²) in [5, 5.41) is 21.7. The van der Waals surface area contributed by atoms with Gasteiger partial charge in [0.2, 0.25) is 0 Å². The molecule has 0 heterocycles. The van der Waals surface area contributed by atoms with E-state index in [1.807, 2.05) is 6.07 Å². The van der Waals surface area contributed by atoms with Gasteiger partial charge in [-0.25, -0.2) is 0 Å². The van der Waals surface area contributed by atoms with Crippen LogP contribution < -0.4 is 5.32 Å². The number of nitrogens with zero attached hydrogens (tertiary/aromatic N) is 1. The minimum atomic E-state index is -0.561. The number of rotatable bonds is 3. The Hall–Kier alpha value is -2.48. The third-order valence-electron chi connectivity index (χ3n) is 2.73. The first-order valence-electron chi connectivity index (χ1n) is 6.17. The van der Waals surface area contributed by atoms with Crippen LogP contribution in [0.15, 0.2) is 48.0 Å². The maximum absolute atomic E-state index is 12.1. The number of aromatic hydroxyl groups is 1. The molecule has 0 unspecified atom stereocenters. The number of hydrogen-bond acceptors (Lipinski definition) is 3. The lowest BCUT2D eigenvalue weighted by Gasteiger charge is -2.05. The number of hydrogen-bond donors (Lipinski definition) is 2. The van der Waals surface area contributed by atoms with Gasteiger partial charge in [0, 0.05) is 10.7 Å². The topological polar surface area (TPSA) is 73.1 Å². The van der Waals surface area contributed by atoms with Crippen LogP contribution in [0, 0.1) is 11.3 Å². The lowest BCUT2D eigenvalue weighted by molar-refractivity contribution is -0.112. The molecular formula is C16H10Cl2N2O2. The van der Waals surface area contributed by atoms with Gasteiger partial charge in [-0.15, -0.1) is 0 Å². The second-order valence-electron chi connectivity index (χ2n) is 4.35. The Kier molecular flexibility index (Phi) is 5.05. The molecule has 0 spiro atoms. The molecule has 22 heavy (non-hydrogen) atoms. The maximum atomic E-state index is 12.1. The number of phenolic OH excluding ortho intramolecular Hbond substituents is 1. The Morgan fingerprint density at radius 3 is 2.64 bits per heavy atom. The van der Waals surface area contributed by atoms with Crippen LogP contribution in [0.3, 0.4) is 0 Å². The average molecular weight is 333 g/mol. The van der Waals surface area contributed by atoms with Crippen molar-refractivity contribution in [3.63, 3.8) is 0 Å². The summed E-state index contributed by atoms with van der Waals surface area (Å²) in [7, 11) is 0. The van der Waals surface area contributed by atoms with Gasteiger partial charge in [-0.05, 0) is 42.0 Å². The zero-order chi connectivity index (χ0) is 16.1. The largest absolute Gasteiger partial charge is 0.506 e. The Balaban J connectivity index is 2.23. The van der Waals surface area contributed by atoms with Gasteiger partial charge in [0.25, 0.3) is 5.91 Å². The maximum Gasteiger partial charge on any atom is 0.266 e. The van der Waals surface area contributed by atoms with Crippen LogP contribution >= 0.6 is 23.2 Å². The Morgan fingerprint density at radius 1 is 1.23 bits per heavy atom. The molecule has 110 valence electrons. The highest BCUT2D eigenvalue weighted by Gasteiger charge is 2.10. The summed E-state index contributed by atoms with van der Waals surface area (Å²) in [6.45, 7) is 0. The first kappa shape index (κ1) is 15.9. The Bertz CT molecular complexity index is 795. The lowest BCUT2D eigenvalue weighted by Crippen LogP contribution is -2.13. The number of nitrogens with one attached hydrogen (secondary N) is 1. The number of amides is 1. The van der Waals surface area contributed by atoms with Crippen molar-refractivity contribution >= 4 is 40.9 Å². The second-order valence-corrected chi connectivity index (χ2v) is 5.19. The monoisotopic (exact) mass is 332 g/mol. The minimum absolute atomic E-state index is 0.0688. The Labute approximate surface area is 137 Å². The van der Waals surface area contributed by atoms with Crippen molar-refractivity contribution in [2.45, 2.75) is 0 Å². The summed E-state index contributed by atoms with van der Waals surface area (Å²) >= 11 is 11.6. The fourth-order valence-electron chi connectivity index (χ4n) is 1.69. The van der Waals surface area contributed by atoms with Crippen LogP contribution in [0.2, 0.25) is 10.0 Å². The third-order valence-corrected chi connectivity index (χ3v) is 3.27. The molecule has 0 aliphatic carbocycles. The minimum Gasteiger partial charge on any atom is -0.506 e. The highest BCUT2D eigenvalue weighted by atomic mass is 35.5. The average Bonchev–Trinajstić information content (AvgIpc) is 2.48. The fraction of sp³-hybridized carbons (Fsp3) is 0. The van der Waals surface area contributed by atoms with E-state index in [1.54, 1.807) is 30.3 Å². The molecule has 2 aromatic rings. The van der Waals surface area contributed by atoms with E-state index >= 15 is 0 Å². The summed E-state index contributed by atoms with van der Waals surface area (Å²) in [6, 6.07) is 12.8. The SMILES string of the molecule is N#C/C(=C/c1ccc(O)c(Cl)c1)C(=O)Nc1cccc(Cl)c1. The standard InChI is InChI=1S/C16H10Cl2N2O2/c17-12-2-1-3-13(8-12)20-16(22)11(9-19)6-10-4-5-15(21)14(18)7-10/h1-8,21H,(H,20,22)/b11-6-. The first-order valence-corrected chi connectivity index (χ1v) is 6.92. The van der Waals surface area contributed by atoms with Gasteiger partial charge in [0.15, 0.2) is 0 Å². The molecule has 2 rings (SSSR count). The smallest absolute Gasteiger partial charge is 0.266 e. The van der Waals surface area contributed by atoms with Gasteiger partial charge in [0.1, 0.15) is 17.4 Å². The van der Waals surface area contributed by atoms with Crippen molar-refractivity contribution in [2.75, 3.05) is 5.32 Å². The first-order chi connectivity index (χ1) is 10.5. The zero-order valence-corrected chi connectivity index (χ0v) is 12.7. The van der Waals surface area contributed by atoms with Gasteiger partial charge >= 0.3 is 0 Å². The van der Waals surface area contributed by atoms with E-state index in [-0.39, 0.29) is 16.3 Å². The highest BCUT2D eigenvalue weighted by molar-refractivity contribution is 6.32. The third kappa shape index (κ3) is 4.01. The number of anilines is 1. The molecule has 0 bridgehead atoms. The molecule has 0 saturated heterocycles. The van der Waals surface area contributed by atoms with Crippen molar-refractivity contribution in [2.24, 2.45) is 0 Å². The van der Waals surface area contributed by atoms with Crippen LogP contribution in [0.1, 0.15) is 5.56 Å². The molecular weight excluding hydrogens is 323 g/mol. The van der Waals surface area contributed by atoms with E-state index in [2.05, 4.69) is 5.32 Å². The summed E-state index contributed by atoms with van der Waals surface area (Å²) in [5.74, 6) is -0.630. The van der Waals surface area contributed by atoms with Crippen LogP contribution in [0.25, 0.3) is 6.08 Å². The normalized spacial score (nSPS) is 10.9. The van der Waals surface area contributed by atoms with E-state index in [0.29, 0.717) is 16.3 Å². The molecule has 1 amide bonds. The Morgan fingerprint density at radius 2 is 2.00 bits per heavy atom. The quantitative estimate of drug-likeness (QED) is 0.652. The van der Waals surface area contributed by atoms with E-state index in [0.717, 1.165) is 0 Å². The van der Waals surface area contributed by atoms with Crippen LogP contribution in [0.5, 0.6) is 5.75 Å². The highest BCUT2D eigenvalue weighted by Crippen LogP contribution is 2.25. The van der Waals surface area contributed by atoms with E-state index < -0.39 is 5.91 Å². The number of phenols is 1. The molecule has 0 aliphatic heterocycles. The van der Waals surface area contributed by atoms with Crippen LogP contribution in [-0.2, 0) is 4.79 Å². The summed E-state index contributed by atoms with van der Waals surface area (Å²) < 4.78 is 0. The van der Waals surface area contributed by atoms with Crippen molar-refractivity contribution in [3.8, 4) is 11.8 Å². The van der Waals surface area contributed by atoms with Crippen LogP contribution in [0.4, 0.5) is 5.69 Å². The van der Waals surface area contributed by atoms with E-state index in [4.69, 9.17) is 28.5 Å². The molecule has 0 radical (unpaired) electrons. The molecule has 0 aliphatic rings. The predicted molar refractivity (Wildman–Crippen MR) is 86.8 cm³/mol. The molecule has 2 aromatic carbocycles. The lowest BCUT2D eigenvalue weighted by atomic mass is 10.1. The molecule has 6 heteroatoms. The molecule has 0 aromatic heterocycles. The van der Waals surface area contributed by atoms with Crippen LogP contribution in [-0.4, -0.2) is 11.0 Å². The van der Waals surface area contributed by atoms with E-state index in [1.165, 1.54) is 18.2 Å². The van der Waals surface area contributed by atoms with Gasteiger partial charge in [-0.3, -0.25) is 4.79 Å². The number of halogens is 2. The fourth-order valence-corrected chi connectivity index (χ4v) is 2.07. The predicted octanol–water partition coefficient (Wildman–Crippen LogP) is 4.24. The zero-order valence-electron chi connectivity index (χ0n) is 11.2. The summed E-state index contributed by atoms with van der Waals surface area (Å²) in [6.07, 6.45) is 1.38. The molecule has 0 atom stereocenters. The van der Waals surface area contributed by atoms with Gasteiger partial charge in [-0.1, -0.05) is 35.3 Å². The number of nitriles is 1. The number of carbonyl (C=O) groups is 1.